The molecule has 3 N–H and O–H groups in total. The lowest BCUT2D eigenvalue weighted by atomic mass is 10.1. The van der Waals surface area contributed by atoms with Crippen molar-refractivity contribution >= 4 is 11.7 Å². The number of carboxylic acids is 1. The van der Waals surface area contributed by atoms with Crippen molar-refractivity contribution in [1.29, 1.82) is 0 Å². The van der Waals surface area contributed by atoms with E-state index in [0.29, 0.717) is 0 Å². The number of rotatable bonds is 4. The third-order valence-corrected chi connectivity index (χ3v) is 2.79. The smallest absolute Gasteiger partial charge is 0.331 e. The van der Waals surface area contributed by atoms with Crippen molar-refractivity contribution in [3.63, 3.8) is 0 Å². The Kier molecular flexibility index (Phi) is 3.30. The minimum Gasteiger partial charge on any atom is -0.494 e. The van der Waals surface area contributed by atoms with E-state index in [4.69, 9.17) is 0 Å². The zero-order valence-electron chi connectivity index (χ0n) is 10.0. The Morgan fingerprint density at radius 1 is 1.10 bits per heavy atom. The largest absolute Gasteiger partial charge is 0.494 e. The third-order valence-electron chi connectivity index (χ3n) is 2.79. The molecule has 104 valence electrons. The maximum absolute atomic E-state index is 11.3. The molecule has 1 unspecified atom stereocenters. The normalized spacial score (nSPS) is 12.0. The van der Waals surface area contributed by atoms with Gasteiger partial charge in [-0.2, -0.15) is 0 Å². The second-order valence-corrected chi connectivity index (χ2v) is 4.01. The van der Waals surface area contributed by atoms with Crippen molar-refractivity contribution in [2.24, 2.45) is 0 Å². The summed E-state index contributed by atoms with van der Waals surface area (Å²) in [5.74, 6) is -2.16. The van der Waals surface area contributed by atoms with E-state index in [1.54, 1.807) is 0 Å². The van der Waals surface area contributed by atoms with Crippen molar-refractivity contribution < 1.29 is 25.0 Å². The Morgan fingerprint density at radius 3 is 2.00 bits per heavy atom. The maximum atomic E-state index is 11.3. The van der Waals surface area contributed by atoms with Crippen molar-refractivity contribution in [2.45, 2.75) is 6.04 Å². The van der Waals surface area contributed by atoms with E-state index in [2.05, 4.69) is 0 Å². The highest BCUT2D eigenvalue weighted by Crippen LogP contribution is 2.31. The highest BCUT2D eigenvalue weighted by atomic mass is 16.6. The molecule has 0 aliphatic carbocycles. The lowest BCUT2D eigenvalue weighted by Crippen LogP contribution is -2.19. The molecule has 20 heavy (non-hydrogen) atoms. The van der Waals surface area contributed by atoms with E-state index in [-0.39, 0.29) is 11.3 Å². The van der Waals surface area contributed by atoms with Crippen LogP contribution >= 0.6 is 0 Å². The van der Waals surface area contributed by atoms with Gasteiger partial charge in [0.25, 0.3) is 5.69 Å². The summed E-state index contributed by atoms with van der Waals surface area (Å²) in [5, 5.41) is 39.0. The zero-order chi connectivity index (χ0) is 14.9. The van der Waals surface area contributed by atoms with Gasteiger partial charge in [0.1, 0.15) is 0 Å². The number of hydrogen-bond donors (Lipinski definition) is 3. The van der Waals surface area contributed by atoms with Gasteiger partial charge in [-0.1, -0.05) is 0 Å². The van der Waals surface area contributed by atoms with Gasteiger partial charge in [0.15, 0.2) is 17.8 Å². The first kappa shape index (κ1) is 13.4. The molecule has 0 saturated heterocycles. The van der Waals surface area contributed by atoms with Gasteiger partial charge in [-0.05, 0) is 17.7 Å². The Labute approximate surface area is 112 Å². The van der Waals surface area contributed by atoms with Gasteiger partial charge in [0.05, 0.1) is 4.92 Å². The lowest BCUT2D eigenvalue weighted by molar-refractivity contribution is -0.384. The number of aromatic hydroxyl groups is 2. The molecule has 0 bridgehead atoms. The first-order valence-corrected chi connectivity index (χ1v) is 5.48. The van der Waals surface area contributed by atoms with Crippen LogP contribution in [0.5, 0.6) is 11.8 Å². The molecule has 8 nitrogen and oxygen atoms in total. The Bertz CT molecular complexity index is 642. The first-order valence-electron chi connectivity index (χ1n) is 5.48. The summed E-state index contributed by atoms with van der Waals surface area (Å²) in [4.78, 5) is 21.3. The molecule has 0 aliphatic rings. The highest BCUT2D eigenvalue weighted by Gasteiger charge is 2.26. The predicted molar refractivity (Wildman–Crippen MR) is 66.6 cm³/mol. The number of nitro benzene ring substituents is 1. The fourth-order valence-corrected chi connectivity index (χ4v) is 1.87. The van der Waals surface area contributed by atoms with E-state index in [0.717, 1.165) is 28.8 Å². The number of nitro groups is 1. The van der Waals surface area contributed by atoms with Gasteiger partial charge in [-0.15, -0.1) is 0 Å². The quantitative estimate of drug-likeness (QED) is 0.574. The second kappa shape index (κ2) is 4.92. The molecule has 1 atom stereocenters. The fraction of sp³-hybridized carbons (Fsp3) is 0.0833. The molecule has 1 aromatic carbocycles. The van der Waals surface area contributed by atoms with Crippen LogP contribution < -0.4 is 0 Å². The third kappa shape index (κ3) is 2.26. The molecule has 1 aromatic heterocycles. The topological polar surface area (TPSA) is 126 Å². The highest BCUT2D eigenvalue weighted by molar-refractivity contribution is 5.77. The SMILES string of the molecule is O=C(O)C(c1ccc([N+](=O)[O-])cc1)n1c(O)ccc1O. The van der Waals surface area contributed by atoms with Crippen molar-refractivity contribution in [1.82, 2.24) is 4.57 Å². The van der Waals surface area contributed by atoms with E-state index in [1.807, 2.05) is 0 Å². The first-order chi connectivity index (χ1) is 9.41. The number of carboxylic acid groups (broad SMARTS) is 1. The van der Waals surface area contributed by atoms with Gasteiger partial charge in [0, 0.05) is 24.3 Å². The van der Waals surface area contributed by atoms with Crippen LogP contribution in [0.3, 0.4) is 0 Å². The molecular weight excluding hydrogens is 268 g/mol. The summed E-state index contributed by atoms with van der Waals surface area (Å²) in [5.41, 5.74) is 0.00346. The van der Waals surface area contributed by atoms with Crippen LogP contribution in [-0.2, 0) is 4.79 Å². The van der Waals surface area contributed by atoms with Crippen LogP contribution in [0.2, 0.25) is 0 Å². The minimum absolute atomic E-state index is 0.182. The fourth-order valence-electron chi connectivity index (χ4n) is 1.87. The summed E-state index contributed by atoms with van der Waals surface area (Å²) in [7, 11) is 0. The predicted octanol–water partition coefficient (Wildman–Crippen LogP) is 1.48. The minimum atomic E-state index is -1.38. The van der Waals surface area contributed by atoms with E-state index < -0.39 is 28.7 Å². The Balaban J connectivity index is 2.49. The maximum Gasteiger partial charge on any atom is 0.331 e. The number of non-ortho nitro benzene ring substituents is 1. The molecule has 0 amide bonds. The van der Waals surface area contributed by atoms with Gasteiger partial charge in [-0.3, -0.25) is 14.7 Å². The van der Waals surface area contributed by atoms with Crippen LogP contribution in [0.1, 0.15) is 11.6 Å². The molecule has 0 aliphatic heterocycles. The summed E-state index contributed by atoms with van der Waals surface area (Å²) in [6, 6.07) is 5.75. The molecule has 2 aromatic rings. The van der Waals surface area contributed by atoms with Crippen molar-refractivity contribution in [2.75, 3.05) is 0 Å². The van der Waals surface area contributed by atoms with Crippen LogP contribution in [0, 0.1) is 10.1 Å². The van der Waals surface area contributed by atoms with Crippen molar-refractivity contribution in [3.8, 4) is 11.8 Å². The molecular formula is C12H10N2O6. The van der Waals surface area contributed by atoms with Gasteiger partial charge in [-0.25, -0.2) is 4.79 Å². The summed E-state index contributed by atoms with van der Waals surface area (Å²) < 4.78 is 0.809. The Hall–Kier alpha value is -3.03. The lowest BCUT2D eigenvalue weighted by Gasteiger charge is -2.16. The average Bonchev–Trinajstić information content (AvgIpc) is 2.71. The van der Waals surface area contributed by atoms with Crippen LogP contribution in [0.15, 0.2) is 36.4 Å². The van der Waals surface area contributed by atoms with E-state index in [9.17, 15) is 30.2 Å². The number of benzene rings is 1. The summed E-state index contributed by atoms with van der Waals surface area (Å²) >= 11 is 0. The van der Waals surface area contributed by atoms with Crippen LogP contribution in [0.4, 0.5) is 5.69 Å². The van der Waals surface area contributed by atoms with Gasteiger partial charge >= 0.3 is 5.97 Å². The molecule has 0 fully saturated rings. The van der Waals surface area contributed by atoms with E-state index >= 15 is 0 Å². The molecule has 2 rings (SSSR count). The number of aromatic nitrogens is 1. The van der Waals surface area contributed by atoms with Gasteiger partial charge in [0.2, 0.25) is 0 Å². The molecule has 8 heteroatoms. The van der Waals surface area contributed by atoms with Crippen LogP contribution in [0.25, 0.3) is 0 Å². The summed E-state index contributed by atoms with van der Waals surface area (Å²) in [6.07, 6.45) is 0. The molecule has 0 spiro atoms. The van der Waals surface area contributed by atoms with E-state index in [1.165, 1.54) is 12.1 Å². The molecule has 1 heterocycles. The zero-order valence-corrected chi connectivity index (χ0v) is 10.0. The average molecular weight is 278 g/mol. The molecule has 0 saturated carbocycles. The monoisotopic (exact) mass is 278 g/mol. The van der Waals surface area contributed by atoms with Gasteiger partial charge < -0.3 is 15.3 Å². The van der Waals surface area contributed by atoms with Crippen molar-refractivity contribution in [3.05, 3.63) is 52.1 Å². The molecule has 0 radical (unpaired) electrons. The number of carbonyl (C=O) groups is 1. The summed E-state index contributed by atoms with van der Waals surface area (Å²) in [6.45, 7) is 0. The number of hydrogen-bond acceptors (Lipinski definition) is 5. The number of nitrogens with zero attached hydrogens (tertiary/aromatic N) is 2. The second-order valence-electron chi connectivity index (χ2n) is 4.01. The standard InChI is InChI=1S/C12H10N2O6/c15-9-5-6-10(16)13(9)11(12(17)18)7-1-3-8(4-2-7)14(19)20/h1-6,11,15-16H,(H,17,18). The number of aliphatic carboxylic acids is 1. The Morgan fingerprint density at radius 2 is 1.60 bits per heavy atom. The van der Waals surface area contributed by atoms with Crippen LogP contribution in [-0.4, -0.2) is 30.8 Å².